The fourth-order valence-electron chi connectivity index (χ4n) is 2.84. The van der Waals surface area contributed by atoms with Crippen molar-refractivity contribution in [3.63, 3.8) is 0 Å². The number of nitrogens with one attached hydrogen (secondary N) is 2. The highest BCUT2D eigenvalue weighted by atomic mass is 19.3. The van der Waals surface area contributed by atoms with Crippen molar-refractivity contribution in [2.45, 2.75) is 13.2 Å². The maximum Gasteiger partial charge on any atom is 0.586 e. The number of anilines is 3. The van der Waals surface area contributed by atoms with Gasteiger partial charge in [0.2, 0.25) is 0 Å². The number of fused-ring (bicyclic) bond motifs is 1. The van der Waals surface area contributed by atoms with Crippen LogP contribution in [0.2, 0.25) is 0 Å². The first-order valence-corrected chi connectivity index (χ1v) is 8.54. The molecule has 0 aliphatic carbocycles. The van der Waals surface area contributed by atoms with Crippen LogP contribution in [0, 0.1) is 0 Å². The first kappa shape index (κ1) is 17.8. The van der Waals surface area contributed by atoms with Crippen LogP contribution >= 0.6 is 0 Å². The van der Waals surface area contributed by atoms with Crippen molar-refractivity contribution in [3.05, 3.63) is 73.1 Å². The molecular weight excluding hydrogens is 364 g/mol. The summed E-state index contributed by atoms with van der Waals surface area (Å²) >= 11 is 0. The molecule has 142 valence electrons. The smallest absolute Gasteiger partial charge is 0.395 e. The molecule has 0 amide bonds. The molecule has 0 spiro atoms. The summed E-state index contributed by atoms with van der Waals surface area (Å²) in [5.74, 6) is 0.557. The summed E-state index contributed by atoms with van der Waals surface area (Å²) in [6.45, 7) is 5.74. The Morgan fingerprint density at radius 1 is 0.964 bits per heavy atom. The molecule has 4 rings (SSSR count). The minimum Gasteiger partial charge on any atom is -0.395 e. The van der Waals surface area contributed by atoms with Gasteiger partial charge in [-0.05, 0) is 48.9 Å². The van der Waals surface area contributed by atoms with Crippen molar-refractivity contribution in [2.24, 2.45) is 0 Å². The minimum absolute atomic E-state index is 0.00195. The van der Waals surface area contributed by atoms with Crippen LogP contribution in [0.3, 0.4) is 0 Å². The van der Waals surface area contributed by atoms with Crippen LogP contribution in [0.4, 0.5) is 26.0 Å². The first-order valence-electron chi connectivity index (χ1n) is 8.54. The number of halogens is 2. The zero-order chi connectivity index (χ0) is 19.7. The van der Waals surface area contributed by atoms with E-state index in [-0.39, 0.29) is 11.5 Å². The number of nitrogens with zero attached hydrogens (tertiary/aromatic N) is 1. The Kier molecular flexibility index (Phi) is 4.35. The highest BCUT2D eigenvalue weighted by molar-refractivity contribution is 5.70. The highest BCUT2D eigenvalue weighted by Gasteiger charge is 2.43. The Balaban J connectivity index is 1.50. The monoisotopic (exact) mass is 381 g/mol. The van der Waals surface area contributed by atoms with Gasteiger partial charge in [0, 0.05) is 34.9 Å². The van der Waals surface area contributed by atoms with E-state index in [0.29, 0.717) is 11.5 Å². The Bertz CT molecular complexity index is 1040. The lowest BCUT2D eigenvalue weighted by Crippen LogP contribution is -2.25. The molecule has 0 radical (unpaired) electrons. The number of aromatic nitrogens is 1. The van der Waals surface area contributed by atoms with E-state index in [4.69, 9.17) is 0 Å². The van der Waals surface area contributed by atoms with Crippen LogP contribution in [-0.2, 0) is 0 Å². The molecule has 2 heterocycles. The molecule has 0 atom stereocenters. The van der Waals surface area contributed by atoms with Crippen molar-refractivity contribution in [3.8, 4) is 22.6 Å². The Labute approximate surface area is 160 Å². The lowest BCUT2D eigenvalue weighted by molar-refractivity contribution is -0.286. The van der Waals surface area contributed by atoms with Crippen LogP contribution in [0.1, 0.15) is 6.92 Å². The molecule has 0 unspecified atom stereocenters. The van der Waals surface area contributed by atoms with Crippen LogP contribution in [0.15, 0.2) is 73.1 Å². The summed E-state index contributed by atoms with van der Waals surface area (Å²) < 4.78 is 35.1. The maximum absolute atomic E-state index is 13.1. The van der Waals surface area contributed by atoms with Crippen LogP contribution in [0.25, 0.3) is 11.1 Å². The number of ether oxygens (including phenoxy) is 2. The predicted molar refractivity (Wildman–Crippen MR) is 104 cm³/mol. The predicted octanol–water partition coefficient (Wildman–Crippen LogP) is 5.76. The van der Waals surface area contributed by atoms with Gasteiger partial charge in [0.25, 0.3) is 0 Å². The summed E-state index contributed by atoms with van der Waals surface area (Å²) in [5.41, 5.74) is 4.32. The zero-order valence-corrected chi connectivity index (χ0v) is 15.0. The van der Waals surface area contributed by atoms with Gasteiger partial charge < -0.3 is 20.1 Å². The Morgan fingerprint density at radius 2 is 1.79 bits per heavy atom. The number of allylic oxidation sites excluding steroid dienone is 1. The number of alkyl halides is 2. The number of rotatable bonds is 5. The van der Waals surface area contributed by atoms with Crippen LogP contribution in [-0.4, -0.2) is 11.3 Å². The SMILES string of the molecule is C=C(C)Nc1cccc(-c2ccc(Nc3ccc4c(c3)OC(F)(F)O4)nc2)c1. The summed E-state index contributed by atoms with van der Waals surface area (Å²) in [6.07, 6.45) is -1.89. The van der Waals surface area contributed by atoms with Crippen molar-refractivity contribution < 1.29 is 18.3 Å². The fraction of sp³-hybridized carbons (Fsp3) is 0.0952. The standard InChI is InChI=1S/C21H17F2N3O2/c1-13(2)25-16-5-3-4-14(10-16)15-6-9-20(24-12-15)26-17-7-8-18-19(11-17)28-21(22,23)27-18/h3-12,25H,1H2,2H3,(H,24,26). The maximum atomic E-state index is 13.1. The topological polar surface area (TPSA) is 55.4 Å². The Morgan fingerprint density at radius 3 is 2.54 bits per heavy atom. The van der Waals surface area contributed by atoms with Crippen molar-refractivity contribution in [1.82, 2.24) is 4.98 Å². The summed E-state index contributed by atoms with van der Waals surface area (Å²) in [5, 5.41) is 6.24. The van der Waals surface area contributed by atoms with Crippen LogP contribution < -0.4 is 20.1 Å². The third kappa shape index (κ3) is 3.88. The van der Waals surface area contributed by atoms with E-state index in [0.717, 1.165) is 22.5 Å². The normalized spacial score (nSPS) is 13.8. The number of hydrogen-bond donors (Lipinski definition) is 2. The van der Waals surface area contributed by atoms with Crippen molar-refractivity contribution in [1.29, 1.82) is 0 Å². The zero-order valence-electron chi connectivity index (χ0n) is 15.0. The molecule has 7 heteroatoms. The quantitative estimate of drug-likeness (QED) is 0.589. The van der Waals surface area contributed by atoms with E-state index >= 15 is 0 Å². The molecule has 2 aromatic carbocycles. The number of hydrogen-bond acceptors (Lipinski definition) is 5. The second-order valence-electron chi connectivity index (χ2n) is 6.37. The van der Waals surface area contributed by atoms with E-state index in [2.05, 4.69) is 31.7 Å². The average Bonchev–Trinajstić information content (AvgIpc) is 2.95. The van der Waals surface area contributed by atoms with Gasteiger partial charge in [0.15, 0.2) is 11.5 Å². The molecule has 3 aromatic rings. The fourth-order valence-corrected chi connectivity index (χ4v) is 2.84. The molecule has 1 aromatic heterocycles. The third-order valence-electron chi connectivity index (χ3n) is 3.99. The molecule has 0 fully saturated rings. The van der Waals surface area contributed by atoms with Crippen LogP contribution in [0.5, 0.6) is 11.5 Å². The third-order valence-corrected chi connectivity index (χ3v) is 3.99. The molecule has 28 heavy (non-hydrogen) atoms. The van der Waals surface area contributed by atoms with Gasteiger partial charge in [0.1, 0.15) is 5.82 Å². The molecule has 0 saturated heterocycles. The summed E-state index contributed by atoms with van der Waals surface area (Å²) in [7, 11) is 0. The molecular formula is C21H17F2N3O2. The minimum atomic E-state index is -3.63. The number of benzene rings is 2. The van der Waals surface area contributed by atoms with E-state index in [1.807, 2.05) is 43.3 Å². The molecule has 1 aliphatic heterocycles. The summed E-state index contributed by atoms with van der Waals surface area (Å²) in [4.78, 5) is 4.39. The van der Waals surface area contributed by atoms with Gasteiger partial charge in [-0.2, -0.15) is 0 Å². The van der Waals surface area contributed by atoms with Gasteiger partial charge in [-0.1, -0.05) is 18.7 Å². The molecule has 5 nitrogen and oxygen atoms in total. The molecule has 2 N–H and O–H groups in total. The lowest BCUT2D eigenvalue weighted by atomic mass is 10.1. The Hall–Kier alpha value is -3.61. The van der Waals surface area contributed by atoms with E-state index in [1.165, 1.54) is 12.1 Å². The van der Waals surface area contributed by atoms with Crippen molar-refractivity contribution in [2.75, 3.05) is 10.6 Å². The average molecular weight is 381 g/mol. The highest BCUT2D eigenvalue weighted by Crippen LogP contribution is 2.42. The van der Waals surface area contributed by atoms with Gasteiger partial charge in [-0.25, -0.2) is 4.98 Å². The lowest BCUT2D eigenvalue weighted by Gasteiger charge is -2.09. The molecule has 1 aliphatic rings. The van der Waals surface area contributed by atoms with E-state index in [1.54, 1.807) is 12.3 Å². The van der Waals surface area contributed by atoms with E-state index in [9.17, 15) is 8.78 Å². The van der Waals surface area contributed by atoms with E-state index < -0.39 is 6.29 Å². The van der Waals surface area contributed by atoms with Gasteiger partial charge >= 0.3 is 6.29 Å². The van der Waals surface area contributed by atoms with Gasteiger partial charge in [-0.3, -0.25) is 0 Å². The first-order chi connectivity index (χ1) is 13.4. The molecule has 0 bridgehead atoms. The van der Waals surface area contributed by atoms with Gasteiger partial charge in [-0.15, -0.1) is 8.78 Å². The van der Waals surface area contributed by atoms with Gasteiger partial charge in [0.05, 0.1) is 0 Å². The summed E-state index contributed by atoms with van der Waals surface area (Å²) in [6, 6.07) is 16.1. The number of pyridine rings is 1. The molecule has 0 saturated carbocycles. The second kappa shape index (κ2) is 6.84. The second-order valence-corrected chi connectivity index (χ2v) is 6.37. The van der Waals surface area contributed by atoms with Crippen molar-refractivity contribution >= 4 is 17.2 Å². The largest absolute Gasteiger partial charge is 0.586 e.